The highest BCUT2D eigenvalue weighted by Crippen LogP contribution is 2.34. The van der Waals surface area contributed by atoms with Crippen LogP contribution in [0.2, 0.25) is 0 Å². The Morgan fingerprint density at radius 2 is 2.00 bits per heavy atom. The van der Waals surface area contributed by atoms with Crippen molar-refractivity contribution < 1.29 is 4.74 Å². The quantitative estimate of drug-likeness (QED) is 0.406. The average Bonchev–Trinajstić information content (AvgIpc) is 3.39. The molecule has 1 aliphatic carbocycles. The molecule has 0 atom stereocenters. The third kappa shape index (κ3) is 5.33. The second kappa shape index (κ2) is 10.9. The minimum Gasteiger partial charge on any atom is -0.490 e. The number of pyridine rings is 1. The number of hydrogen-bond acceptors (Lipinski definition) is 7. The predicted molar refractivity (Wildman–Crippen MR) is 151 cm³/mol. The molecule has 3 aromatic rings. The van der Waals surface area contributed by atoms with E-state index in [-0.39, 0.29) is 0 Å². The maximum atomic E-state index is 9.07. The fourth-order valence-corrected chi connectivity index (χ4v) is 5.02. The molecule has 9 heteroatoms. The lowest BCUT2D eigenvalue weighted by Crippen LogP contribution is -2.32. The molecule has 0 saturated carbocycles. The van der Waals surface area contributed by atoms with Crippen LogP contribution in [0, 0.1) is 19.3 Å². The van der Waals surface area contributed by atoms with Gasteiger partial charge in [0.1, 0.15) is 18.1 Å². The summed E-state index contributed by atoms with van der Waals surface area (Å²) < 4.78 is 8.19. The number of aromatic amines is 1. The van der Waals surface area contributed by atoms with Crippen LogP contribution in [0.25, 0.3) is 11.3 Å². The number of allylic oxidation sites excluding steroid dienone is 1. The number of likely N-dealkylation sites (tertiary alicyclic amines) is 1. The molecule has 0 amide bonds. The third-order valence-corrected chi connectivity index (χ3v) is 7.23. The Hall–Kier alpha value is -3.43. The first-order valence-corrected chi connectivity index (χ1v) is 13.2. The lowest BCUT2D eigenvalue weighted by atomic mass is 9.95. The SMILES string of the molecule is Cc1[nH]c2c(c1C)C(=N)C(=Nc1c(NCCN(C)C)nn3ccccc13)C=C2OCCN1CCCCC1. The number of anilines is 1. The molecule has 4 heterocycles. The van der Waals surface area contributed by atoms with E-state index in [1.54, 1.807) is 0 Å². The van der Waals surface area contributed by atoms with E-state index in [0.717, 1.165) is 72.2 Å². The van der Waals surface area contributed by atoms with Crippen molar-refractivity contribution in [2.45, 2.75) is 33.1 Å². The fourth-order valence-electron chi connectivity index (χ4n) is 5.02. The van der Waals surface area contributed by atoms with Crippen molar-refractivity contribution in [3.05, 3.63) is 53.0 Å². The summed E-state index contributed by atoms with van der Waals surface area (Å²) in [4.78, 5) is 13.1. The molecule has 0 unspecified atom stereocenters. The van der Waals surface area contributed by atoms with E-state index in [9.17, 15) is 0 Å². The van der Waals surface area contributed by atoms with Crippen molar-refractivity contribution >= 4 is 34.2 Å². The van der Waals surface area contributed by atoms with Gasteiger partial charge in [0.25, 0.3) is 0 Å². The number of aryl methyl sites for hydroxylation is 1. The zero-order chi connectivity index (χ0) is 25.9. The van der Waals surface area contributed by atoms with Crippen LogP contribution < -0.4 is 5.32 Å². The van der Waals surface area contributed by atoms with E-state index in [1.165, 1.54) is 19.3 Å². The number of H-pyrrole nitrogens is 1. The standard InChI is InChI=1S/C28H38N8O/c1-19-20(2)31-27-23(37-17-16-35-12-7-5-8-13-35)18-21(25(29)24(19)27)32-26-22-10-6-9-14-36(22)33-28(26)30-11-15-34(3)4/h6,9-10,14,18,29,31H,5,7-8,11-13,15-17H2,1-4H3,(H,30,33). The molecule has 9 nitrogen and oxygen atoms in total. The first-order chi connectivity index (χ1) is 17.9. The highest BCUT2D eigenvalue weighted by Gasteiger charge is 2.28. The molecule has 1 saturated heterocycles. The smallest absolute Gasteiger partial charge is 0.175 e. The van der Waals surface area contributed by atoms with Crippen molar-refractivity contribution in [1.82, 2.24) is 24.4 Å². The Kier molecular flexibility index (Phi) is 7.43. The van der Waals surface area contributed by atoms with Crippen LogP contribution in [-0.4, -0.2) is 89.2 Å². The van der Waals surface area contributed by atoms with E-state index in [4.69, 9.17) is 20.2 Å². The Bertz CT molecular complexity index is 1340. The zero-order valence-electron chi connectivity index (χ0n) is 22.4. The van der Waals surface area contributed by atoms with E-state index >= 15 is 0 Å². The van der Waals surface area contributed by atoms with Gasteiger partial charge in [0, 0.05) is 43.2 Å². The van der Waals surface area contributed by atoms with E-state index in [2.05, 4.69) is 27.0 Å². The van der Waals surface area contributed by atoms with Gasteiger partial charge < -0.3 is 19.9 Å². The molecule has 1 fully saturated rings. The summed E-state index contributed by atoms with van der Waals surface area (Å²) in [6.45, 7) is 9.51. The molecule has 3 aromatic heterocycles. The second-order valence-corrected chi connectivity index (χ2v) is 10.2. The Morgan fingerprint density at radius 1 is 1.19 bits per heavy atom. The summed E-state index contributed by atoms with van der Waals surface area (Å²) in [6, 6.07) is 5.95. The van der Waals surface area contributed by atoms with Gasteiger partial charge in [-0.1, -0.05) is 12.5 Å². The van der Waals surface area contributed by atoms with Crippen LogP contribution >= 0.6 is 0 Å². The molecule has 0 radical (unpaired) electrons. The highest BCUT2D eigenvalue weighted by molar-refractivity contribution is 6.54. The number of piperidine rings is 1. The third-order valence-electron chi connectivity index (χ3n) is 7.23. The largest absolute Gasteiger partial charge is 0.490 e. The van der Waals surface area contributed by atoms with Crippen molar-refractivity contribution in [2.75, 3.05) is 58.7 Å². The normalized spacial score (nSPS) is 17.5. The molecule has 37 heavy (non-hydrogen) atoms. The van der Waals surface area contributed by atoms with E-state index in [0.29, 0.717) is 23.8 Å². The predicted octanol–water partition coefficient (Wildman–Crippen LogP) is 4.25. The van der Waals surface area contributed by atoms with Gasteiger partial charge in [-0.05, 0) is 71.6 Å². The minimum absolute atomic E-state index is 0.398. The molecular formula is C28H38N8O. The van der Waals surface area contributed by atoms with Gasteiger partial charge >= 0.3 is 0 Å². The van der Waals surface area contributed by atoms with Crippen molar-refractivity contribution in [3.63, 3.8) is 0 Å². The first-order valence-electron chi connectivity index (χ1n) is 13.2. The number of ether oxygens (including phenoxy) is 1. The number of likely N-dealkylation sites (N-methyl/N-ethyl adjacent to an activating group) is 1. The topological polar surface area (TPSA) is 97.0 Å². The van der Waals surface area contributed by atoms with Gasteiger partial charge in [0.15, 0.2) is 5.82 Å². The van der Waals surface area contributed by atoms with Crippen LogP contribution in [0.1, 0.15) is 41.8 Å². The molecule has 2 aliphatic rings. The summed E-state index contributed by atoms with van der Waals surface area (Å²) >= 11 is 0. The van der Waals surface area contributed by atoms with Crippen LogP contribution in [0.5, 0.6) is 0 Å². The minimum atomic E-state index is 0.398. The number of nitrogens with zero attached hydrogens (tertiary/aromatic N) is 5. The van der Waals surface area contributed by atoms with Gasteiger partial charge in [-0.3, -0.25) is 10.3 Å². The van der Waals surface area contributed by atoms with Crippen LogP contribution in [0.15, 0.2) is 35.5 Å². The van der Waals surface area contributed by atoms with E-state index in [1.807, 2.05) is 56.0 Å². The monoisotopic (exact) mass is 502 g/mol. The molecule has 5 rings (SSSR count). The molecule has 0 aromatic carbocycles. The molecule has 0 bridgehead atoms. The number of aliphatic imine (C=N–C) groups is 1. The maximum Gasteiger partial charge on any atom is 0.175 e. The van der Waals surface area contributed by atoms with Gasteiger partial charge in [0.05, 0.1) is 22.6 Å². The lowest BCUT2D eigenvalue weighted by Gasteiger charge is -2.26. The summed E-state index contributed by atoms with van der Waals surface area (Å²) in [5.41, 5.74) is 6.45. The highest BCUT2D eigenvalue weighted by atomic mass is 16.5. The molecule has 3 N–H and O–H groups in total. The Labute approximate surface area is 218 Å². The number of rotatable bonds is 9. The summed E-state index contributed by atoms with van der Waals surface area (Å²) in [7, 11) is 4.10. The van der Waals surface area contributed by atoms with Crippen molar-refractivity contribution in [2.24, 2.45) is 4.99 Å². The van der Waals surface area contributed by atoms with Gasteiger partial charge in [-0.25, -0.2) is 9.51 Å². The van der Waals surface area contributed by atoms with Gasteiger partial charge in [0.2, 0.25) is 0 Å². The summed E-state index contributed by atoms with van der Waals surface area (Å²) in [6.07, 6.45) is 7.68. The molecule has 0 spiro atoms. The van der Waals surface area contributed by atoms with Crippen molar-refractivity contribution in [3.8, 4) is 0 Å². The summed E-state index contributed by atoms with van der Waals surface area (Å²) in [5.74, 6) is 1.46. The Balaban J connectivity index is 1.49. The number of nitrogens with one attached hydrogen (secondary N) is 3. The molecular weight excluding hydrogens is 464 g/mol. The van der Waals surface area contributed by atoms with E-state index < -0.39 is 0 Å². The lowest BCUT2D eigenvalue weighted by molar-refractivity contribution is 0.169. The zero-order valence-corrected chi connectivity index (χ0v) is 22.4. The molecule has 196 valence electrons. The van der Waals surface area contributed by atoms with Gasteiger partial charge in [-0.2, -0.15) is 0 Å². The molecule has 1 aliphatic heterocycles. The number of fused-ring (bicyclic) bond motifs is 2. The summed E-state index contributed by atoms with van der Waals surface area (Å²) in [5, 5.41) is 17.2. The van der Waals surface area contributed by atoms with Crippen LogP contribution in [0.3, 0.4) is 0 Å². The van der Waals surface area contributed by atoms with Crippen LogP contribution in [-0.2, 0) is 4.74 Å². The van der Waals surface area contributed by atoms with Crippen molar-refractivity contribution in [1.29, 1.82) is 5.41 Å². The Morgan fingerprint density at radius 3 is 2.78 bits per heavy atom. The number of aromatic nitrogens is 3. The average molecular weight is 503 g/mol. The maximum absolute atomic E-state index is 9.07. The second-order valence-electron chi connectivity index (χ2n) is 10.2. The fraction of sp³-hybridized carbons (Fsp3) is 0.464. The first kappa shape index (κ1) is 25.2. The van der Waals surface area contributed by atoms with Crippen LogP contribution in [0.4, 0.5) is 11.5 Å². The number of hydrogen-bond donors (Lipinski definition) is 3. The van der Waals surface area contributed by atoms with Gasteiger partial charge in [-0.15, -0.1) is 5.10 Å².